The van der Waals surface area contributed by atoms with Gasteiger partial charge in [-0.1, -0.05) is 35.5 Å². The van der Waals surface area contributed by atoms with Crippen molar-refractivity contribution in [3.05, 3.63) is 53.6 Å². The molecule has 0 amide bonds. The van der Waals surface area contributed by atoms with Crippen LogP contribution in [0, 0.1) is 0 Å². The number of rotatable bonds is 6. The molecule has 0 saturated heterocycles. The van der Waals surface area contributed by atoms with Crippen LogP contribution in [-0.2, 0) is 4.79 Å². The predicted octanol–water partition coefficient (Wildman–Crippen LogP) is 5.56. The van der Waals surface area contributed by atoms with Gasteiger partial charge in [-0.15, -0.1) is 11.8 Å². The van der Waals surface area contributed by atoms with Crippen LogP contribution in [0.25, 0.3) is 22.6 Å². The summed E-state index contributed by atoms with van der Waals surface area (Å²) < 4.78 is 5.84. The molecule has 0 fully saturated rings. The maximum atomic E-state index is 10.8. The summed E-state index contributed by atoms with van der Waals surface area (Å²) in [5.41, 5.74) is 2.43. The third-order valence-electron chi connectivity index (χ3n) is 3.40. The van der Waals surface area contributed by atoms with E-state index in [9.17, 15) is 4.79 Å². The lowest BCUT2D eigenvalue weighted by molar-refractivity contribution is -0.133. The van der Waals surface area contributed by atoms with Gasteiger partial charge in [0, 0.05) is 21.0 Å². The Bertz CT molecular complexity index is 876. The van der Waals surface area contributed by atoms with Crippen LogP contribution in [0.15, 0.2) is 63.1 Å². The van der Waals surface area contributed by atoms with Gasteiger partial charge in [-0.3, -0.25) is 4.79 Å². The van der Waals surface area contributed by atoms with Gasteiger partial charge in [-0.2, -0.15) is 0 Å². The lowest BCUT2D eigenvalue weighted by Gasteiger charge is -2.03. The highest BCUT2D eigenvalue weighted by atomic mass is 35.5. The fourth-order valence-corrected chi connectivity index (χ4v) is 3.31. The molecule has 0 radical (unpaired) electrons. The van der Waals surface area contributed by atoms with E-state index in [1.807, 2.05) is 42.7 Å². The second kappa shape index (κ2) is 7.99. The molecule has 3 aromatic rings. The number of carboxylic acid groups (broad SMARTS) is 1. The molecule has 7 heteroatoms. The second-order valence-electron chi connectivity index (χ2n) is 5.08. The average molecular weight is 392 g/mol. The molecular formula is C18H14ClNO3S2. The first-order chi connectivity index (χ1) is 12.1. The van der Waals surface area contributed by atoms with Crippen molar-refractivity contribution >= 4 is 41.1 Å². The summed E-state index contributed by atoms with van der Waals surface area (Å²) >= 11 is 8.68. The zero-order valence-electron chi connectivity index (χ0n) is 13.2. The fraction of sp³-hybridized carbons (Fsp3) is 0.111. The van der Waals surface area contributed by atoms with E-state index in [2.05, 4.69) is 4.98 Å². The maximum absolute atomic E-state index is 10.8. The van der Waals surface area contributed by atoms with Crippen molar-refractivity contribution in [3.8, 4) is 22.6 Å². The van der Waals surface area contributed by atoms with Gasteiger partial charge < -0.3 is 9.52 Å². The fourth-order valence-electron chi connectivity index (χ4n) is 2.23. The standard InChI is InChI=1S/C18H14ClNO3S2/c1-24-14-8-4-11(5-9-14)16-17(12-2-6-13(19)7-3-12)23-18(20-16)25-10-15(21)22/h2-9H,10H2,1H3,(H,21,22). The van der Waals surface area contributed by atoms with Crippen molar-refractivity contribution in [2.45, 2.75) is 10.1 Å². The van der Waals surface area contributed by atoms with E-state index >= 15 is 0 Å². The summed E-state index contributed by atoms with van der Waals surface area (Å²) in [6, 6.07) is 15.3. The van der Waals surface area contributed by atoms with Gasteiger partial charge >= 0.3 is 5.97 Å². The topological polar surface area (TPSA) is 63.3 Å². The van der Waals surface area contributed by atoms with Crippen LogP contribution in [0.2, 0.25) is 5.02 Å². The number of halogens is 1. The monoisotopic (exact) mass is 391 g/mol. The highest BCUT2D eigenvalue weighted by molar-refractivity contribution is 7.99. The molecule has 2 aromatic carbocycles. The summed E-state index contributed by atoms with van der Waals surface area (Å²) in [5.74, 6) is -0.422. The Hall–Kier alpha value is -1.89. The molecular weight excluding hydrogens is 378 g/mol. The molecule has 0 saturated carbocycles. The molecule has 4 nitrogen and oxygen atoms in total. The Balaban J connectivity index is 2.03. The molecule has 0 unspecified atom stereocenters. The number of aliphatic carboxylic acids is 1. The van der Waals surface area contributed by atoms with Gasteiger partial charge in [0.25, 0.3) is 5.22 Å². The Kier molecular flexibility index (Phi) is 5.73. The van der Waals surface area contributed by atoms with Crippen molar-refractivity contribution in [1.82, 2.24) is 4.98 Å². The van der Waals surface area contributed by atoms with Crippen molar-refractivity contribution in [1.29, 1.82) is 0 Å². The summed E-state index contributed by atoms with van der Waals surface area (Å²) in [4.78, 5) is 16.5. The molecule has 0 aliphatic heterocycles. The van der Waals surface area contributed by atoms with Crippen molar-refractivity contribution in [3.63, 3.8) is 0 Å². The zero-order valence-corrected chi connectivity index (χ0v) is 15.6. The van der Waals surface area contributed by atoms with Gasteiger partial charge in [0.05, 0.1) is 0 Å². The molecule has 1 aromatic heterocycles. The van der Waals surface area contributed by atoms with E-state index in [1.165, 1.54) is 0 Å². The lowest BCUT2D eigenvalue weighted by Crippen LogP contribution is -1.97. The molecule has 0 spiro atoms. The maximum Gasteiger partial charge on any atom is 0.314 e. The third kappa shape index (κ3) is 4.39. The zero-order chi connectivity index (χ0) is 17.8. The van der Waals surface area contributed by atoms with Crippen LogP contribution in [-0.4, -0.2) is 28.1 Å². The summed E-state index contributed by atoms with van der Waals surface area (Å²) in [6.07, 6.45) is 2.02. The lowest BCUT2D eigenvalue weighted by atomic mass is 10.1. The molecule has 25 heavy (non-hydrogen) atoms. The SMILES string of the molecule is CSc1ccc(-c2nc(SCC(=O)O)oc2-c2ccc(Cl)cc2)cc1. The smallest absolute Gasteiger partial charge is 0.314 e. The number of benzene rings is 2. The molecule has 128 valence electrons. The van der Waals surface area contributed by atoms with E-state index in [0.717, 1.165) is 27.8 Å². The van der Waals surface area contributed by atoms with Crippen LogP contribution in [0.4, 0.5) is 0 Å². The number of nitrogens with zero attached hydrogens (tertiary/aromatic N) is 1. The summed E-state index contributed by atoms with van der Waals surface area (Å²) in [6.45, 7) is 0. The number of thioether (sulfide) groups is 2. The largest absolute Gasteiger partial charge is 0.481 e. The van der Waals surface area contributed by atoms with E-state index in [-0.39, 0.29) is 5.75 Å². The van der Waals surface area contributed by atoms with Crippen LogP contribution >= 0.6 is 35.1 Å². The normalized spacial score (nSPS) is 10.8. The van der Waals surface area contributed by atoms with Gasteiger partial charge in [0.2, 0.25) is 0 Å². The molecule has 0 bridgehead atoms. The first-order valence-corrected chi connectivity index (χ1v) is 9.91. The Morgan fingerprint density at radius 1 is 1.12 bits per heavy atom. The minimum Gasteiger partial charge on any atom is -0.481 e. The highest BCUT2D eigenvalue weighted by Gasteiger charge is 2.18. The van der Waals surface area contributed by atoms with Gasteiger partial charge in [0.1, 0.15) is 11.4 Å². The summed E-state index contributed by atoms with van der Waals surface area (Å²) in [7, 11) is 0. The van der Waals surface area contributed by atoms with Crippen LogP contribution in [0.3, 0.4) is 0 Å². The molecule has 0 aliphatic carbocycles. The summed E-state index contributed by atoms with van der Waals surface area (Å²) in [5, 5.41) is 9.83. The van der Waals surface area contributed by atoms with Crippen molar-refractivity contribution in [2.24, 2.45) is 0 Å². The number of aromatic nitrogens is 1. The molecule has 0 atom stereocenters. The van der Waals surface area contributed by atoms with E-state index in [1.54, 1.807) is 23.9 Å². The van der Waals surface area contributed by atoms with E-state index in [0.29, 0.717) is 21.7 Å². The van der Waals surface area contributed by atoms with Crippen LogP contribution in [0.5, 0.6) is 0 Å². The quantitative estimate of drug-likeness (QED) is 0.555. The van der Waals surface area contributed by atoms with E-state index < -0.39 is 5.97 Å². The second-order valence-corrected chi connectivity index (χ2v) is 7.32. The number of carbonyl (C=O) groups is 1. The minimum atomic E-state index is -0.915. The molecule has 1 N–H and O–H groups in total. The average Bonchev–Trinajstić information content (AvgIpc) is 3.05. The van der Waals surface area contributed by atoms with Crippen molar-refractivity contribution in [2.75, 3.05) is 12.0 Å². The molecule has 1 heterocycles. The first-order valence-electron chi connectivity index (χ1n) is 7.32. The van der Waals surface area contributed by atoms with Crippen LogP contribution in [0.1, 0.15) is 0 Å². The predicted molar refractivity (Wildman–Crippen MR) is 103 cm³/mol. The number of carboxylic acids is 1. The Morgan fingerprint density at radius 3 is 2.36 bits per heavy atom. The number of hydrogen-bond acceptors (Lipinski definition) is 5. The van der Waals surface area contributed by atoms with Gasteiger partial charge in [-0.25, -0.2) is 4.98 Å². The minimum absolute atomic E-state index is 0.106. The molecule has 0 aliphatic rings. The highest BCUT2D eigenvalue weighted by Crippen LogP contribution is 2.36. The van der Waals surface area contributed by atoms with Gasteiger partial charge in [0.15, 0.2) is 5.76 Å². The van der Waals surface area contributed by atoms with Gasteiger partial charge in [-0.05, 0) is 42.7 Å². The number of hydrogen-bond donors (Lipinski definition) is 1. The van der Waals surface area contributed by atoms with Crippen molar-refractivity contribution < 1.29 is 14.3 Å². The third-order valence-corrected chi connectivity index (χ3v) is 5.20. The van der Waals surface area contributed by atoms with Crippen LogP contribution < -0.4 is 0 Å². The first kappa shape index (κ1) is 17.9. The Labute approximate surface area is 158 Å². The van der Waals surface area contributed by atoms with E-state index in [4.69, 9.17) is 21.1 Å². The Morgan fingerprint density at radius 2 is 1.76 bits per heavy atom. The molecule has 3 rings (SSSR count). The number of oxazole rings is 1.